The summed E-state index contributed by atoms with van der Waals surface area (Å²) in [5, 5.41) is 0.532. The lowest BCUT2D eigenvalue weighted by atomic mass is 9.43. The molecule has 1 heterocycles. The third-order valence-corrected chi connectivity index (χ3v) is 10.5. The van der Waals surface area contributed by atoms with Crippen molar-refractivity contribution < 1.29 is 23.5 Å². The summed E-state index contributed by atoms with van der Waals surface area (Å²) in [6.45, 7) is 6.02. The summed E-state index contributed by atoms with van der Waals surface area (Å²) in [7, 11) is 0. The molecule has 2 aromatic rings. The van der Waals surface area contributed by atoms with Gasteiger partial charge in [-0.1, -0.05) is 61.6 Å². The standard InChI is InChI=1S/C22H21Br3O6/c1-4-29-15(26)13-9-11-5-6-12(10-14(11)31-16(13)27)30-19(28)22-8-7-21(17(22)23,18(24)25)20(22,2)3/h5-6,9-10,17-18H,4,7-8H2,1-3H3. The molecule has 0 radical (unpaired) electrons. The Morgan fingerprint density at radius 3 is 2.52 bits per heavy atom. The van der Waals surface area contributed by atoms with Crippen molar-refractivity contribution in [2.75, 3.05) is 6.61 Å². The van der Waals surface area contributed by atoms with Gasteiger partial charge >= 0.3 is 17.6 Å². The van der Waals surface area contributed by atoms with Crippen LogP contribution in [0.4, 0.5) is 0 Å². The smallest absolute Gasteiger partial charge is 0.351 e. The van der Waals surface area contributed by atoms with Crippen LogP contribution in [0.2, 0.25) is 0 Å². The number of fused-ring (bicyclic) bond motifs is 2. The molecule has 31 heavy (non-hydrogen) atoms. The lowest BCUT2D eigenvalue weighted by Gasteiger charge is -2.65. The van der Waals surface area contributed by atoms with Crippen LogP contribution >= 0.6 is 47.8 Å². The monoisotopic (exact) mass is 618 g/mol. The summed E-state index contributed by atoms with van der Waals surface area (Å²) in [5.74, 6) is -0.754. The van der Waals surface area contributed by atoms with Crippen molar-refractivity contribution in [2.24, 2.45) is 16.2 Å². The third-order valence-electron chi connectivity index (χ3n) is 7.26. The van der Waals surface area contributed by atoms with Gasteiger partial charge in [-0.25, -0.2) is 9.59 Å². The van der Waals surface area contributed by atoms with Gasteiger partial charge in [0, 0.05) is 21.7 Å². The molecule has 2 bridgehead atoms. The molecule has 0 spiro atoms. The van der Waals surface area contributed by atoms with Crippen LogP contribution in [0.25, 0.3) is 11.0 Å². The lowest BCUT2D eigenvalue weighted by Crippen LogP contribution is -2.71. The normalized spacial score (nSPS) is 28.4. The average molecular weight is 621 g/mol. The van der Waals surface area contributed by atoms with Gasteiger partial charge in [-0.15, -0.1) is 0 Å². The molecular formula is C22H21Br3O6. The van der Waals surface area contributed by atoms with E-state index < -0.39 is 17.0 Å². The number of ether oxygens (including phenoxy) is 2. The van der Waals surface area contributed by atoms with E-state index in [1.165, 1.54) is 12.1 Å². The van der Waals surface area contributed by atoms with E-state index in [-0.39, 0.29) is 48.9 Å². The Balaban J connectivity index is 1.63. The molecule has 0 saturated heterocycles. The second-order valence-corrected chi connectivity index (χ2v) is 12.5. The SMILES string of the molecule is CCOC(=O)c1cc2ccc(OC(=O)C34CCC(C(Br)Br)(C3Br)C4(C)C)cc2oc1=O. The summed E-state index contributed by atoms with van der Waals surface area (Å²) < 4.78 is 16.0. The van der Waals surface area contributed by atoms with E-state index in [1.54, 1.807) is 19.1 Å². The molecular weight excluding hydrogens is 600 g/mol. The van der Waals surface area contributed by atoms with E-state index in [0.29, 0.717) is 11.8 Å². The number of halogens is 3. The second-order valence-electron chi connectivity index (χ2n) is 8.56. The lowest BCUT2D eigenvalue weighted by molar-refractivity contribution is -0.176. The fraction of sp³-hybridized carbons (Fsp3) is 0.500. The Morgan fingerprint density at radius 2 is 1.94 bits per heavy atom. The molecule has 3 saturated carbocycles. The van der Waals surface area contributed by atoms with Crippen molar-refractivity contribution in [3.05, 3.63) is 40.2 Å². The molecule has 5 rings (SSSR count). The Kier molecular flexibility index (Phi) is 5.71. The molecule has 0 N–H and O–H groups in total. The second kappa shape index (κ2) is 7.70. The first kappa shape index (κ1) is 23.0. The molecule has 9 heteroatoms. The number of benzene rings is 1. The largest absolute Gasteiger partial charge is 0.462 e. The van der Waals surface area contributed by atoms with Crippen molar-refractivity contribution in [2.45, 2.75) is 42.2 Å². The van der Waals surface area contributed by atoms with Crippen LogP contribution in [0, 0.1) is 16.2 Å². The minimum Gasteiger partial charge on any atom is -0.462 e. The number of alkyl halides is 3. The first-order chi connectivity index (χ1) is 14.5. The van der Waals surface area contributed by atoms with E-state index in [4.69, 9.17) is 13.9 Å². The van der Waals surface area contributed by atoms with Crippen molar-refractivity contribution in [3.8, 4) is 5.75 Å². The third kappa shape index (κ3) is 2.95. The number of esters is 2. The maximum absolute atomic E-state index is 13.3. The van der Waals surface area contributed by atoms with Gasteiger partial charge in [-0.2, -0.15) is 0 Å². The number of carbonyl (C=O) groups excluding carboxylic acids is 2. The van der Waals surface area contributed by atoms with E-state index in [0.717, 1.165) is 6.42 Å². The fourth-order valence-corrected chi connectivity index (χ4v) is 10.2. The molecule has 1 aromatic carbocycles. The van der Waals surface area contributed by atoms with Crippen LogP contribution in [0.5, 0.6) is 5.75 Å². The molecule has 3 atom stereocenters. The molecule has 6 nitrogen and oxygen atoms in total. The average Bonchev–Trinajstić information content (AvgIpc) is 3.17. The maximum atomic E-state index is 13.3. The zero-order valence-corrected chi connectivity index (χ0v) is 21.9. The maximum Gasteiger partial charge on any atom is 0.351 e. The van der Waals surface area contributed by atoms with E-state index in [2.05, 4.69) is 61.6 Å². The van der Waals surface area contributed by atoms with Gasteiger partial charge in [0.1, 0.15) is 16.9 Å². The van der Waals surface area contributed by atoms with Crippen LogP contribution < -0.4 is 10.4 Å². The highest BCUT2D eigenvalue weighted by Gasteiger charge is 2.84. The van der Waals surface area contributed by atoms with Gasteiger partial charge in [0.05, 0.1) is 15.8 Å². The molecule has 166 valence electrons. The highest BCUT2D eigenvalue weighted by atomic mass is 79.9. The van der Waals surface area contributed by atoms with Crippen LogP contribution in [-0.4, -0.2) is 27.1 Å². The number of hydrogen-bond acceptors (Lipinski definition) is 6. The van der Waals surface area contributed by atoms with Gasteiger partial charge in [0.25, 0.3) is 0 Å². The molecule has 0 amide bonds. The minimum absolute atomic E-state index is 0.0377. The zero-order valence-electron chi connectivity index (χ0n) is 17.2. The minimum atomic E-state index is -0.796. The Labute approximate surface area is 204 Å². The molecule has 0 aliphatic heterocycles. The number of rotatable bonds is 5. The van der Waals surface area contributed by atoms with Crippen molar-refractivity contribution in [1.82, 2.24) is 0 Å². The van der Waals surface area contributed by atoms with Gasteiger partial charge in [0.2, 0.25) is 0 Å². The number of carbonyl (C=O) groups is 2. The van der Waals surface area contributed by atoms with Crippen molar-refractivity contribution >= 4 is 70.7 Å². The summed E-state index contributed by atoms with van der Waals surface area (Å²) in [5.41, 5.74) is -1.79. The zero-order chi connectivity index (χ0) is 22.8. The Hall–Kier alpha value is -1.19. The van der Waals surface area contributed by atoms with Crippen LogP contribution in [-0.2, 0) is 9.53 Å². The quantitative estimate of drug-likeness (QED) is 0.188. The van der Waals surface area contributed by atoms with Gasteiger partial charge in [0.15, 0.2) is 0 Å². The predicted molar refractivity (Wildman–Crippen MR) is 126 cm³/mol. The number of hydrogen-bond donors (Lipinski definition) is 0. The predicted octanol–water partition coefficient (Wildman–Crippen LogP) is 5.56. The first-order valence-corrected chi connectivity index (χ1v) is 12.7. The van der Waals surface area contributed by atoms with Crippen LogP contribution in [0.3, 0.4) is 0 Å². The summed E-state index contributed by atoms with van der Waals surface area (Å²) in [4.78, 5) is 37.4. The Bertz CT molecular complexity index is 1140. The van der Waals surface area contributed by atoms with Gasteiger partial charge < -0.3 is 13.9 Å². The molecule has 3 unspecified atom stereocenters. The van der Waals surface area contributed by atoms with Gasteiger partial charge in [-0.05, 0) is 43.4 Å². The van der Waals surface area contributed by atoms with E-state index in [1.807, 2.05) is 0 Å². The summed E-state index contributed by atoms with van der Waals surface area (Å²) >= 11 is 11.1. The highest BCUT2D eigenvalue weighted by Crippen LogP contribution is 2.82. The molecule has 3 aliphatic rings. The highest BCUT2D eigenvalue weighted by molar-refractivity contribution is 9.24. The van der Waals surface area contributed by atoms with Crippen LogP contribution in [0.15, 0.2) is 33.5 Å². The summed E-state index contributed by atoms with van der Waals surface area (Å²) in [6, 6.07) is 6.19. The topological polar surface area (TPSA) is 82.8 Å². The molecule has 3 aliphatic carbocycles. The van der Waals surface area contributed by atoms with Crippen LogP contribution in [0.1, 0.15) is 44.0 Å². The van der Waals surface area contributed by atoms with Crippen molar-refractivity contribution in [3.63, 3.8) is 0 Å². The van der Waals surface area contributed by atoms with E-state index in [9.17, 15) is 14.4 Å². The first-order valence-electron chi connectivity index (χ1n) is 9.92. The Morgan fingerprint density at radius 1 is 1.23 bits per heavy atom. The van der Waals surface area contributed by atoms with E-state index >= 15 is 0 Å². The van der Waals surface area contributed by atoms with Gasteiger partial charge in [-0.3, -0.25) is 4.79 Å². The molecule has 3 fully saturated rings. The summed E-state index contributed by atoms with van der Waals surface area (Å²) in [6.07, 6.45) is 1.60. The molecule has 1 aromatic heterocycles. The fourth-order valence-electron chi connectivity index (χ4n) is 5.35. The van der Waals surface area contributed by atoms with Crippen molar-refractivity contribution in [1.29, 1.82) is 0 Å².